The van der Waals surface area contributed by atoms with Crippen molar-refractivity contribution in [3.8, 4) is 0 Å². The summed E-state index contributed by atoms with van der Waals surface area (Å²) < 4.78 is 0. The van der Waals surface area contributed by atoms with E-state index in [-0.39, 0.29) is 17.7 Å². The largest absolute Gasteiger partial charge is 0.354 e. The van der Waals surface area contributed by atoms with Gasteiger partial charge < -0.3 is 10.3 Å². The fourth-order valence-electron chi connectivity index (χ4n) is 3.52. The van der Waals surface area contributed by atoms with Crippen LogP contribution in [0.25, 0.3) is 0 Å². The van der Waals surface area contributed by atoms with E-state index in [2.05, 4.69) is 17.2 Å². The zero-order chi connectivity index (χ0) is 15.6. The molecule has 116 valence electrons. The van der Waals surface area contributed by atoms with E-state index < -0.39 is 0 Å². The third-order valence-electron chi connectivity index (χ3n) is 4.50. The third kappa shape index (κ3) is 3.36. The molecule has 4 heteroatoms. The Labute approximate surface area is 126 Å². The molecule has 1 saturated carbocycles. The highest BCUT2D eigenvalue weighted by Crippen LogP contribution is 2.25. The predicted octanol–water partition coefficient (Wildman–Crippen LogP) is 3.40. The van der Waals surface area contributed by atoms with Crippen LogP contribution >= 0.6 is 0 Å². The summed E-state index contributed by atoms with van der Waals surface area (Å²) in [6.45, 7) is 7.63. The van der Waals surface area contributed by atoms with Crippen molar-refractivity contribution < 1.29 is 9.59 Å². The number of aromatic nitrogens is 1. The van der Waals surface area contributed by atoms with Gasteiger partial charge in [0.1, 0.15) is 5.69 Å². The first-order valence-corrected chi connectivity index (χ1v) is 7.97. The number of carbonyl (C=O) groups excluding carboxylic acids is 2. The molecular formula is C17H26N2O2. The second-order valence-electron chi connectivity index (χ2n) is 6.33. The van der Waals surface area contributed by atoms with Crippen LogP contribution in [0.3, 0.4) is 0 Å². The van der Waals surface area contributed by atoms with Crippen LogP contribution < -0.4 is 5.32 Å². The number of aryl methyl sites for hydroxylation is 1. The zero-order valence-electron chi connectivity index (χ0n) is 13.5. The van der Waals surface area contributed by atoms with E-state index in [0.29, 0.717) is 23.6 Å². The zero-order valence-corrected chi connectivity index (χ0v) is 13.5. The summed E-state index contributed by atoms with van der Waals surface area (Å²) in [7, 11) is 0. The number of amides is 1. The van der Waals surface area contributed by atoms with Crippen LogP contribution in [0.4, 0.5) is 0 Å². The van der Waals surface area contributed by atoms with E-state index in [1.807, 2.05) is 13.8 Å². The van der Waals surface area contributed by atoms with Gasteiger partial charge in [0.25, 0.3) is 5.91 Å². The molecule has 4 nitrogen and oxygen atoms in total. The topological polar surface area (TPSA) is 62.0 Å². The quantitative estimate of drug-likeness (QED) is 0.835. The number of hydrogen-bond donors (Lipinski definition) is 2. The molecule has 0 aliphatic heterocycles. The van der Waals surface area contributed by atoms with Gasteiger partial charge in [-0.25, -0.2) is 0 Å². The van der Waals surface area contributed by atoms with Crippen molar-refractivity contribution in [3.05, 3.63) is 22.5 Å². The lowest BCUT2D eigenvalue weighted by atomic mass is 9.87. The molecule has 1 heterocycles. The minimum atomic E-state index is -0.0680. The van der Waals surface area contributed by atoms with Crippen molar-refractivity contribution in [2.75, 3.05) is 0 Å². The minimum Gasteiger partial charge on any atom is -0.354 e. The Morgan fingerprint density at radius 2 is 2.05 bits per heavy atom. The first kappa shape index (κ1) is 15.8. The molecule has 0 spiro atoms. The van der Waals surface area contributed by atoms with Crippen LogP contribution in [0.5, 0.6) is 0 Å². The molecule has 1 aromatic heterocycles. The number of carbonyl (C=O) groups is 2. The highest BCUT2D eigenvalue weighted by Gasteiger charge is 2.25. The first-order valence-electron chi connectivity index (χ1n) is 7.97. The van der Waals surface area contributed by atoms with Gasteiger partial charge in [0, 0.05) is 17.3 Å². The number of Topliss-reactive ketones (excluding diaryl/α,β-unsaturated/α-hetero) is 1. The Kier molecular flexibility index (Phi) is 4.86. The fraction of sp³-hybridized carbons (Fsp3) is 0.647. The van der Waals surface area contributed by atoms with Crippen molar-refractivity contribution in [2.24, 2.45) is 5.92 Å². The van der Waals surface area contributed by atoms with Crippen LogP contribution in [-0.2, 0) is 6.42 Å². The lowest BCUT2D eigenvalue weighted by Gasteiger charge is -2.27. The number of aromatic amines is 1. The van der Waals surface area contributed by atoms with Crippen molar-refractivity contribution in [1.82, 2.24) is 10.3 Å². The van der Waals surface area contributed by atoms with Gasteiger partial charge in [-0.1, -0.05) is 26.7 Å². The van der Waals surface area contributed by atoms with E-state index in [9.17, 15) is 9.59 Å². The molecule has 1 fully saturated rings. The van der Waals surface area contributed by atoms with Crippen molar-refractivity contribution in [2.45, 2.75) is 65.8 Å². The van der Waals surface area contributed by atoms with Crippen LogP contribution in [-0.4, -0.2) is 22.7 Å². The van der Waals surface area contributed by atoms with Crippen LogP contribution in [0.1, 0.15) is 78.6 Å². The molecule has 2 N–H and O–H groups in total. The van der Waals surface area contributed by atoms with Gasteiger partial charge in [-0.15, -0.1) is 0 Å². The average Bonchev–Trinajstić information content (AvgIpc) is 2.75. The maximum atomic E-state index is 12.5. The molecule has 2 rings (SSSR count). The molecule has 0 saturated heterocycles. The number of H-pyrrole nitrogens is 1. The van der Waals surface area contributed by atoms with E-state index in [1.54, 1.807) is 6.92 Å². The summed E-state index contributed by atoms with van der Waals surface area (Å²) in [5, 5.41) is 3.14. The Morgan fingerprint density at radius 1 is 1.33 bits per heavy atom. The normalized spacial score (nSPS) is 22.1. The minimum absolute atomic E-state index is 0.0194. The number of ketones is 1. The lowest BCUT2D eigenvalue weighted by molar-refractivity contribution is 0.0915. The summed E-state index contributed by atoms with van der Waals surface area (Å²) in [4.78, 5) is 27.4. The van der Waals surface area contributed by atoms with E-state index in [0.717, 1.165) is 24.1 Å². The SMILES string of the molecule is CCc1c(C(=O)NC2CCCC(C)C2)[nH]c(C)c1C(C)=O. The molecule has 1 aromatic rings. The second kappa shape index (κ2) is 6.46. The van der Waals surface area contributed by atoms with Gasteiger partial charge in [0.2, 0.25) is 0 Å². The molecule has 0 bridgehead atoms. The maximum Gasteiger partial charge on any atom is 0.268 e. The van der Waals surface area contributed by atoms with Gasteiger partial charge in [-0.2, -0.15) is 0 Å². The molecule has 1 aliphatic rings. The smallest absolute Gasteiger partial charge is 0.268 e. The Balaban J connectivity index is 2.19. The highest BCUT2D eigenvalue weighted by atomic mass is 16.2. The molecule has 0 aromatic carbocycles. The van der Waals surface area contributed by atoms with Crippen molar-refractivity contribution >= 4 is 11.7 Å². The van der Waals surface area contributed by atoms with E-state index >= 15 is 0 Å². The molecule has 1 amide bonds. The molecule has 1 aliphatic carbocycles. The lowest BCUT2D eigenvalue weighted by Crippen LogP contribution is -2.38. The van der Waals surface area contributed by atoms with Gasteiger partial charge in [0.15, 0.2) is 5.78 Å². The van der Waals surface area contributed by atoms with Crippen molar-refractivity contribution in [1.29, 1.82) is 0 Å². The maximum absolute atomic E-state index is 12.5. The van der Waals surface area contributed by atoms with Crippen molar-refractivity contribution in [3.63, 3.8) is 0 Å². The summed E-state index contributed by atoms with van der Waals surface area (Å²) in [5.41, 5.74) is 2.89. The Bertz CT molecular complexity index is 545. The van der Waals surface area contributed by atoms with Crippen LogP contribution in [0, 0.1) is 12.8 Å². The monoisotopic (exact) mass is 290 g/mol. The molecule has 0 radical (unpaired) electrons. The summed E-state index contributed by atoms with van der Waals surface area (Å²) in [5.74, 6) is 0.625. The number of rotatable bonds is 4. The molecule has 21 heavy (non-hydrogen) atoms. The summed E-state index contributed by atoms with van der Waals surface area (Å²) >= 11 is 0. The molecular weight excluding hydrogens is 264 g/mol. The Hall–Kier alpha value is -1.58. The van der Waals surface area contributed by atoms with Gasteiger partial charge in [0.05, 0.1) is 0 Å². The van der Waals surface area contributed by atoms with E-state index in [4.69, 9.17) is 0 Å². The van der Waals surface area contributed by atoms with Gasteiger partial charge >= 0.3 is 0 Å². The third-order valence-corrected chi connectivity index (χ3v) is 4.50. The number of nitrogens with one attached hydrogen (secondary N) is 2. The molecule has 2 atom stereocenters. The fourth-order valence-corrected chi connectivity index (χ4v) is 3.52. The average molecular weight is 290 g/mol. The molecule has 2 unspecified atom stereocenters. The summed E-state index contributed by atoms with van der Waals surface area (Å²) in [6.07, 6.45) is 5.21. The standard InChI is InChI=1S/C17H26N2O2/c1-5-14-15(12(4)20)11(3)18-16(14)17(21)19-13-8-6-7-10(2)9-13/h10,13,18H,5-9H2,1-4H3,(H,19,21). The number of hydrogen-bond acceptors (Lipinski definition) is 2. The summed E-state index contributed by atoms with van der Waals surface area (Å²) in [6, 6.07) is 0.260. The van der Waals surface area contributed by atoms with Crippen LogP contribution in [0.2, 0.25) is 0 Å². The highest BCUT2D eigenvalue weighted by molar-refractivity contribution is 6.02. The van der Waals surface area contributed by atoms with Gasteiger partial charge in [-0.05, 0) is 44.6 Å². The van der Waals surface area contributed by atoms with Gasteiger partial charge in [-0.3, -0.25) is 9.59 Å². The van der Waals surface area contributed by atoms with Crippen LogP contribution in [0.15, 0.2) is 0 Å². The predicted molar refractivity (Wildman–Crippen MR) is 83.8 cm³/mol. The first-order chi connectivity index (χ1) is 9.93. The second-order valence-corrected chi connectivity index (χ2v) is 6.33. The van der Waals surface area contributed by atoms with E-state index in [1.165, 1.54) is 12.8 Å². The Morgan fingerprint density at radius 3 is 2.62 bits per heavy atom.